The van der Waals surface area contributed by atoms with Crippen LogP contribution in [0.15, 0.2) is 0 Å². The lowest BCUT2D eigenvalue weighted by molar-refractivity contribution is -0.138. The summed E-state index contributed by atoms with van der Waals surface area (Å²) in [6.07, 6.45) is 7.38. The number of aliphatic hydroxyl groups excluding tert-OH is 2. The monoisotopic (exact) mass is 306 g/mol. The molecule has 4 rings (SSSR count). The van der Waals surface area contributed by atoms with E-state index >= 15 is 0 Å². The van der Waals surface area contributed by atoms with Crippen LogP contribution >= 0.6 is 0 Å². The molecule has 3 nitrogen and oxygen atoms in total. The summed E-state index contributed by atoms with van der Waals surface area (Å²) in [5.74, 6) is 2.42. The molecule has 0 amide bonds. The van der Waals surface area contributed by atoms with Crippen LogP contribution in [-0.2, 0) is 4.79 Å². The van der Waals surface area contributed by atoms with Crippen LogP contribution in [0.25, 0.3) is 0 Å². The van der Waals surface area contributed by atoms with Crippen LogP contribution < -0.4 is 0 Å². The second-order valence-corrected chi connectivity index (χ2v) is 9.20. The van der Waals surface area contributed by atoms with Crippen molar-refractivity contribution in [2.24, 2.45) is 34.5 Å². The summed E-state index contributed by atoms with van der Waals surface area (Å²) >= 11 is 0. The van der Waals surface area contributed by atoms with Crippen LogP contribution in [-0.4, -0.2) is 28.2 Å². The van der Waals surface area contributed by atoms with E-state index in [4.69, 9.17) is 0 Å². The molecular weight excluding hydrogens is 276 g/mol. The molecule has 0 bridgehead atoms. The van der Waals surface area contributed by atoms with Crippen molar-refractivity contribution < 1.29 is 15.0 Å². The fourth-order valence-electron chi connectivity index (χ4n) is 7.00. The van der Waals surface area contributed by atoms with Crippen molar-refractivity contribution in [1.82, 2.24) is 0 Å². The van der Waals surface area contributed by atoms with Gasteiger partial charge in [0.15, 0.2) is 5.78 Å². The summed E-state index contributed by atoms with van der Waals surface area (Å²) in [5, 5.41) is 20.4. The molecule has 0 heterocycles. The Kier molecular flexibility index (Phi) is 3.30. The smallest absolute Gasteiger partial charge is 0.162 e. The van der Waals surface area contributed by atoms with Crippen molar-refractivity contribution in [3.8, 4) is 0 Å². The van der Waals surface area contributed by atoms with E-state index < -0.39 is 6.10 Å². The van der Waals surface area contributed by atoms with Gasteiger partial charge in [-0.05, 0) is 74.0 Å². The van der Waals surface area contributed by atoms with E-state index in [1.807, 2.05) is 0 Å². The predicted molar refractivity (Wildman–Crippen MR) is 84.1 cm³/mol. The molecule has 124 valence electrons. The van der Waals surface area contributed by atoms with Crippen molar-refractivity contribution in [3.05, 3.63) is 0 Å². The molecule has 4 aliphatic rings. The standard InChI is InChI=1S/C19H30O3/c1-18-7-5-12(20)9-11(18)3-4-13-14(18)6-8-19(2)15(13)10-16(21)17(19)22/h11-15,17,20,22H,3-10H2,1-2H3/t11-,12+,13-,14+,15+,17-,18-,19-/m0/s1. The Morgan fingerprint density at radius 2 is 1.68 bits per heavy atom. The van der Waals surface area contributed by atoms with Crippen molar-refractivity contribution in [2.75, 3.05) is 0 Å². The molecule has 0 aliphatic heterocycles. The summed E-state index contributed by atoms with van der Waals surface area (Å²) in [6.45, 7) is 4.61. The minimum Gasteiger partial charge on any atom is -0.393 e. The maximum Gasteiger partial charge on any atom is 0.162 e. The highest BCUT2D eigenvalue weighted by atomic mass is 16.3. The predicted octanol–water partition coefficient (Wildman–Crippen LogP) is 2.93. The van der Waals surface area contributed by atoms with Gasteiger partial charge in [0.1, 0.15) is 6.10 Å². The maximum atomic E-state index is 12.1. The molecule has 0 aromatic rings. The lowest BCUT2D eigenvalue weighted by Crippen LogP contribution is -2.54. The van der Waals surface area contributed by atoms with Crippen molar-refractivity contribution in [1.29, 1.82) is 0 Å². The molecule has 0 spiro atoms. The molecule has 3 heteroatoms. The van der Waals surface area contributed by atoms with Gasteiger partial charge >= 0.3 is 0 Å². The minimum absolute atomic E-state index is 0.0829. The molecule has 4 fully saturated rings. The van der Waals surface area contributed by atoms with Gasteiger partial charge in [-0.3, -0.25) is 4.79 Å². The zero-order chi connectivity index (χ0) is 15.7. The van der Waals surface area contributed by atoms with Crippen LogP contribution in [0.3, 0.4) is 0 Å². The van der Waals surface area contributed by atoms with Gasteiger partial charge in [-0.25, -0.2) is 0 Å². The van der Waals surface area contributed by atoms with Crippen LogP contribution in [0.1, 0.15) is 65.2 Å². The Hall–Kier alpha value is -0.410. The van der Waals surface area contributed by atoms with Gasteiger partial charge in [0.05, 0.1) is 6.10 Å². The number of carbonyl (C=O) groups is 1. The van der Waals surface area contributed by atoms with Gasteiger partial charge in [0.2, 0.25) is 0 Å². The summed E-state index contributed by atoms with van der Waals surface area (Å²) in [4.78, 5) is 12.1. The zero-order valence-electron chi connectivity index (χ0n) is 13.9. The van der Waals surface area contributed by atoms with Gasteiger partial charge in [0, 0.05) is 11.8 Å². The third-order valence-corrected chi connectivity index (χ3v) is 8.43. The minimum atomic E-state index is -0.725. The van der Waals surface area contributed by atoms with Gasteiger partial charge in [-0.2, -0.15) is 0 Å². The number of aliphatic hydroxyl groups is 2. The fourth-order valence-corrected chi connectivity index (χ4v) is 7.00. The van der Waals surface area contributed by atoms with Gasteiger partial charge < -0.3 is 10.2 Å². The van der Waals surface area contributed by atoms with Gasteiger partial charge in [-0.15, -0.1) is 0 Å². The average molecular weight is 306 g/mol. The molecule has 4 aliphatic carbocycles. The van der Waals surface area contributed by atoms with E-state index in [-0.39, 0.29) is 17.3 Å². The number of carbonyl (C=O) groups excluding carboxylic acids is 1. The molecule has 0 radical (unpaired) electrons. The first-order valence-corrected chi connectivity index (χ1v) is 9.25. The highest BCUT2D eigenvalue weighted by molar-refractivity contribution is 5.86. The third kappa shape index (κ3) is 1.84. The summed E-state index contributed by atoms with van der Waals surface area (Å²) in [7, 11) is 0. The van der Waals surface area contributed by atoms with Crippen molar-refractivity contribution >= 4 is 5.78 Å². The van der Waals surface area contributed by atoms with Crippen molar-refractivity contribution in [3.63, 3.8) is 0 Å². The maximum absolute atomic E-state index is 12.1. The summed E-state index contributed by atoms with van der Waals surface area (Å²) < 4.78 is 0. The number of Topliss-reactive ketones (excluding diaryl/α,β-unsaturated/α-hetero) is 1. The fraction of sp³-hybridized carbons (Fsp3) is 0.947. The Balaban J connectivity index is 1.64. The van der Waals surface area contributed by atoms with E-state index in [1.54, 1.807) is 0 Å². The number of hydrogen-bond donors (Lipinski definition) is 2. The highest BCUT2D eigenvalue weighted by Crippen LogP contribution is 2.65. The van der Waals surface area contributed by atoms with Crippen LogP contribution in [0.4, 0.5) is 0 Å². The highest BCUT2D eigenvalue weighted by Gasteiger charge is 2.62. The SMILES string of the molecule is C[C@]12CC[C@@H](O)C[C@@H]1CC[C@H]1[C@H]2CC[C@@]2(C)[C@@H]1CC(=O)[C@@H]2O. The molecule has 0 saturated heterocycles. The third-order valence-electron chi connectivity index (χ3n) is 8.43. The van der Waals surface area contributed by atoms with E-state index in [0.29, 0.717) is 35.5 Å². The number of fused-ring (bicyclic) bond motifs is 5. The lowest BCUT2D eigenvalue weighted by atomic mass is 9.45. The lowest BCUT2D eigenvalue weighted by Gasteiger charge is -2.60. The molecule has 22 heavy (non-hydrogen) atoms. The molecule has 8 atom stereocenters. The Morgan fingerprint density at radius 3 is 2.45 bits per heavy atom. The van der Waals surface area contributed by atoms with E-state index in [2.05, 4.69) is 13.8 Å². The Labute approximate surface area is 133 Å². The summed E-state index contributed by atoms with van der Waals surface area (Å²) in [5.41, 5.74) is 0.176. The quantitative estimate of drug-likeness (QED) is 0.723. The Bertz CT molecular complexity index is 489. The van der Waals surface area contributed by atoms with E-state index in [1.165, 1.54) is 12.8 Å². The van der Waals surface area contributed by atoms with E-state index in [9.17, 15) is 15.0 Å². The molecule has 4 saturated carbocycles. The molecule has 2 N–H and O–H groups in total. The first-order valence-electron chi connectivity index (χ1n) is 9.25. The molecule has 0 unspecified atom stereocenters. The first kappa shape index (κ1) is 15.1. The second-order valence-electron chi connectivity index (χ2n) is 9.20. The van der Waals surface area contributed by atoms with Crippen molar-refractivity contribution in [2.45, 2.75) is 77.4 Å². The summed E-state index contributed by atoms with van der Waals surface area (Å²) in [6, 6.07) is 0. The normalized spacial score (nSPS) is 57.9. The number of rotatable bonds is 0. The van der Waals surface area contributed by atoms with Gasteiger partial charge in [-0.1, -0.05) is 13.8 Å². The number of hydrogen-bond acceptors (Lipinski definition) is 3. The Morgan fingerprint density at radius 1 is 0.955 bits per heavy atom. The van der Waals surface area contributed by atoms with Crippen LogP contribution in [0.2, 0.25) is 0 Å². The first-order chi connectivity index (χ1) is 10.4. The van der Waals surface area contributed by atoms with Crippen LogP contribution in [0, 0.1) is 34.5 Å². The molecule has 0 aromatic heterocycles. The average Bonchev–Trinajstić information content (AvgIpc) is 2.72. The number of ketones is 1. The zero-order valence-corrected chi connectivity index (χ0v) is 13.9. The molecular formula is C19H30O3. The topological polar surface area (TPSA) is 57.5 Å². The largest absolute Gasteiger partial charge is 0.393 e. The second kappa shape index (κ2) is 4.80. The van der Waals surface area contributed by atoms with Crippen LogP contribution in [0.5, 0.6) is 0 Å². The van der Waals surface area contributed by atoms with Gasteiger partial charge in [0.25, 0.3) is 0 Å². The van der Waals surface area contributed by atoms with E-state index in [0.717, 1.165) is 32.1 Å². The molecule has 0 aromatic carbocycles.